The third-order valence-electron chi connectivity index (χ3n) is 8.39. The predicted octanol–water partition coefficient (Wildman–Crippen LogP) is 6.11. The summed E-state index contributed by atoms with van der Waals surface area (Å²) < 4.78 is 83.6. The van der Waals surface area contributed by atoms with E-state index in [4.69, 9.17) is 0 Å². The molecule has 0 aliphatic heterocycles. The molecule has 2 aromatic heterocycles. The summed E-state index contributed by atoms with van der Waals surface area (Å²) in [7, 11) is -2.99. The van der Waals surface area contributed by atoms with Crippen LogP contribution in [-0.4, -0.2) is 46.4 Å². The molecule has 0 N–H and O–H groups in total. The molecule has 7 nitrogen and oxygen atoms in total. The molecule has 2 atom stereocenters. The third-order valence-corrected chi connectivity index (χ3v) is 10.3. The van der Waals surface area contributed by atoms with Crippen molar-refractivity contribution in [1.82, 2.24) is 19.1 Å². The fourth-order valence-corrected chi connectivity index (χ4v) is 7.55. The molecule has 12 heteroatoms. The van der Waals surface area contributed by atoms with Crippen LogP contribution in [0.4, 0.5) is 17.6 Å². The summed E-state index contributed by atoms with van der Waals surface area (Å²) in [6, 6.07) is 13.9. The van der Waals surface area contributed by atoms with Crippen LogP contribution in [-0.2, 0) is 22.6 Å². The lowest BCUT2D eigenvalue weighted by Crippen LogP contribution is -2.49. The van der Waals surface area contributed by atoms with E-state index in [0.29, 0.717) is 24.6 Å². The number of ketones is 1. The zero-order valence-electron chi connectivity index (χ0n) is 22.9. The topological polar surface area (TPSA) is 85.2 Å². The molecule has 2 heterocycles. The smallest absolute Gasteiger partial charge is 0.291 e. The lowest BCUT2D eigenvalue weighted by atomic mass is 9.60. The predicted molar refractivity (Wildman–Crippen MR) is 150 cm³/mol. The molecule has 0 unspecified atom stereocenters. The Labute approximate surface area is 245 Å². The van der Waals surface area contributed by atoms with Gasteiger partial charge < -0.3 is 0 Å². The van der Waals surface area contributed by atoms with Gasteiger partial charge in [-0.25, -0.2) is 17.5 Å². The Morgan fingerprint density at radius 1 is 1.07 bits per heavy atom. The van der Waals surface area contributed by atoms with Gasteiger partial charge in [-0.15, -0.1) is 0 Å². The van der Waals surface area contributed by atoms with E-state index in [2.05, 4.69) is 10.1 Å². The van der Waals surface area contributed by atoms with E-state index in [1.807, 2.05) is 6.08 Å². The van der Waals surface area contributed by atoms with Crippen LogP contribution >= 0.6 is 0 Å². The average Bonchev–Trinajstić information content (AvgIpc) is 3.41. The highest BCUT2D eigenvalue weighted by Crippen LogP contribution is 2.51. The Hall–Kier alpha value is -4.16. The second-order valence-electron chi connectivity index (χ2n) is 10.9. The van der Waals surface area contributed by atoms with Gasteiger partial charge in [0.15, 0.2) is 5.78 Å². The zero-order valence-corrected chi connectivity index (χ0v) is 23.7. The highest BCUT2D eigenvalue weighted by atomic mass is 32.2. The summed E-state index contributed by atoms with van der Waals surface area (Å²) in [5.41, 5.74) is 0.945. The summed E-state index contributed by atoms with van der Waals surface area (Å²) in [4.78, 5) is 18.1. The second kappa shape index (κ2) is 10.5. The first kappa shape index (κ1) is 28.9. The van der Waals surface area contributed by atoms with Crippen LogP contribution in [0.15, 0.2) is 89.6 Å². The van der Waals surface area contributed by atoms with Crippen LogP contribution in [0.3, 0.4) is 0 Å². The number of aromatic nitrogens is 3. The highest BCUT2D eigenvalue weighted by Gasteiger charge is 2.51. The van der Waals surface area contributed by atoms with E-state index >= 15 is 0 Å². The number of halogens is 4. The Morgan fingerprint density at radius 3 is 2.53 bits per heavy atom. The number of allylic oxidation sites excluding steroid dienone is 1. The molecule has 0 amide bonds. The van der Waals surface area contributed by atoms with E-state index < -0.39 is 38.1 Å². The molecular weight excluding hydrogens is 584 g/mol. The van der Waals surface area contributed by atoms with Crippen molar-refractivity contribution in [2.24, 2.45) is 5.41 Å². The summed E-state index contributed by atoms with van der Waals surface area (Å²) in [6.07, 6.45) is 1.38. The van der Waals surface area contributed by atoms with Gasteiger partial charge in [0, 0.05) is 19.3 Å². The molecule has 2 aliphatic rings. The van der Waals surface area contributed by atoms with Crippen molar-refractivity contribution in [3.8, 4) is 5.69 Å². The number of pyridine rings is 1. The van der Waals surface area contributed by atoms with E-state index in [9.17, 15) is 30.8 Å². The molecule has 2 aliphatic carbocycles. The molecule has 2 aromatic carbocycles. The Morgan fingerprint density at radius 2 is 1.84 bits per heavy atom. The Bertz CT molecular complexity index is 1840. The lowest BCUT2D eigenvalue weighted by Gasteiger charge is -2.45. The molecule has 0 spiro atoms. The van der Waals surface area contributed by atoms with Gasteiger partial charge in [0.25, 0.3) is 0 Å². The highest BCUT2D eigenvalue weighted by molar-refractivity contribution is 7.89. The van der Waals surface area contributed by atoms with Crippen LogP contribution in [0.1, 0.15) is 46.6 Å². The van der Waals surface area contributed by atoms with E-state index in [0.717, 1.165) is 39.3 Å². The second-order valence-corrected chi connectivity index (χ2v) is 12.9. The van der Waals surface area contributed by atoms with Crippen LogP contribution in [0.5, 0.6) is 0 Å². The van der Waals surface area contributed by atoms with Gasteiger partial charge in [-0.05, 0) is 91.9 Å². The fraction of sp³-hybridized carbons (Fsp3) is 0.258. The molecule has 43 heavy (non-hydrogen) atoms. The number of hydrogen-bond donors (Lipinski definition) is 0. The van der Waals surface area contributed by atoms with Gasteiger partial charge >= 0.3 is 6.18 Å². The molecule has 1 fully saturated rings. The summed E-state index contributed by atoms with van der Waals surface area (Å²) >= 11 is 0. The summed E-state index contributed by atoms with van der Waals surface area (Å²) in [5.74, 6) is -0.653. The van der Waals surface area contributed by atoms with Gasteiger partial charge in [-0.3, -0.25) is 9.78 Å². The number of hydrogen-bond acceptors (Lipinski definition) is 5. The first-order chi connectivity index (χ1) is 20.4. The zero-order chi connectivity index (χ0) is 30.6. The van der Waals surface area contributed by atoms with Crippen molar-refractivity contribution in [2.75, 3.05) is 7.05 Å². The molecule has 0 radical (unpaired) electrons. The summed E-state index contributed by atoms with van der Waals surface area (Å²) in [5, 5.41) is 4.50. The SMILES string of the molecule is CN([C@H]1CCC2=Cc3c(cnn3-c3ccc(F)cc3)C[C@]2(C(=O)c2ccccn2)C1)S(=O)(=O)c1cccc(C(F)(F)F)c1. The summed E-state index contributed by atoms with van der Waals surface area (Å²) in [6.45, 7) is 0. The molecule has 0 saturated heterocycles. The number of nitrogens with zero attached hydrogens (tertiary/aromatic N) is 4. The van der Waals surface area contributed by atoms with Crippen LogP contribution in [0.2, 0.25) is 0 Å². The minimum absolute atomic E-state index is 0.101. The first-order valence-corrected chi connectivity index (χ1v) is 15.0. The molecule has 4 aromatic rings. The van der Waals surface area contributed by atoms with Crippen LogP contribution in [0.25, 0.3) is 11.8 Å². The third kappa shape index (κ3) is 5.08. The maximum absolute atomic E-state index is 14.3. The van der Waals surface area contributed by atoms with Crippen molar-refractivity contribution >= 4 is 21.9 Å². The molecular formula is C31H26F4N4O3S. The lowest BCUT2D eigenvalue weighted by molar-refractivity contribution is -0.137. The number of carbonyl (C=O) groups is 1. The van der Waals surface area contributed by atoms with Gasteiger partial charge in [-0.1, -0.05) is 17.7 Å². The standard InChI is InChI=1S/C31H26F4N4O3S/c1-38(43(41,42)26-6-4-5-22(15-26)31(33,34)35)25-11-8-21-16-28-20(19-37-39(28)24-12-9-23(32)10-13-24)17-30(21,18-25)29(40)27-7-2-3-14-36-27/h2-7,9-10,12-16,19,25H,8,11,17-18H2,1H3/t25-,30-/m0/s1. The largest absolute Gasteiger partial charge is 0.416 e. The fourth-order valence-electron chi connectivity index (χ4n) is 6.12. The Balaban J connectivity index is 1.39. The minimum Gasteiger partial charge on any atom is -0.291 e. The van der Waals surface area contributed by atoms with E-state index in [1.54, 1.807) is 41.2 Å². The monoisotopic (exact) mass is 610 g/mol. The van der Waals surface area contributed by atoms with Gasteiger partial charge in [0.2, 0.25) is 10.0 Å². The molecule has 222 valence electrons. The molecule has 1 saturated carbocycles. The number of Topliss-reactive ketones (excluding diaryl/α,β-unsaturated/α-hetero) is 1. The van der Waals surface area contributed by atoms with Crippen LogP contribution in [0, 0.1) is 11.2 Å². The van der Waals surface area contributed by atoms with E-state index in [-0.39, 0.29) is 30.1 Å². The number of alkyl halides is 3. The number of benzene rings is 2. The number of rotatable bonds is 6. The van der Waals surface area contributed by atoms with Crippen molar-refractivity contribution < 1.29 is 30.8 Å². The van der Waals surface area contributed by atoms with Crippen molar-refractivity contribution in [2.45, 2.75) is 42.8 Å². The van der Waals surface area contributed by atoms with Gasteiger partial charge in [-0.2, -0.15) is 22.6 Å². The van der Waals surface area contributed by atoms with Gasteiger partial charge in [0.05, 0.1) is 33.5 Å². The number of sulfonamides is 1. The van der Waals surface area contributed by atoms with E-state index in [1.165, 1.54) is 25.4 Å². The van der Waals surface area contributed by atoms with Crippen molar-refractivity contribution in [1.29, 1.82) is 0 Å². The molecule has 0 bridgehead atoms. The number of carbonyl (C=O) groups excluding carboxylic acids is 1. The van der Waals surface area contributed by atoms with Crippen molar-refractivity contribution in [3.05, 3.63) is 113 Å². The average molecular weight is 611 g/mol. The quantitative estimate of drug-likeness (QED) is 0.194. The van der Waals surface area contributed by atoms with Crippen LogP contribution < -0.4 is 0 Å². The van der Waals surface area contributed by atoms with Crippen molar-refractivity contribution in [3.63, 3.8) is 0 Å². The Kier molecular flexibility index (Phi) is 7.09. The first-order valence-electron chi connectivity index (χ1n) is 13.6. The normalized spacial score (nSPS) is 20.3. The molecule has 6 rings (SSSR count). The van der Waals surface area contributed by atoms with Gasteiger partial charge in [0.1, 0.15) is 11.5 Å². The minimum atomic E-state index is -4.70. The number of fused-ring (bicyclic) bond motifs is 2. The maximum atomic E-state index is 14.3. The maximum Gasteiger partial charge on any atom is 0.416 e.